The molecule has 1 N–H and O–H groups in total. The molecule has 0 radical (unpaired) electrons. The minimum atomic E-state index is -0.448. The van der Waals surface area contributed by atoms with Gasteiger partial charge in [0.15, 0.2) is 0 Å². The molecule has 1 heterocycles. The number of nitrogens with one attached hydrogen (secondary N) is 1. The van der Waals surface area contributed by atoms with Gasteiger partial charge < -0.3 is 15.0 Å². The summed E-state index contributed by atoms with van der Waals surface area (Å²) in [4.78, 5) is 14.8. The molecule has 0 saturated heterocycles. The second-order valence-corrected chi connectivity index (χ2v) is 7.57. The van der Waals surface area contributed by atoms with Crippen LogP contribution in [-0.4, -0.2) is 36.7 Å². The van der Waals surface area contributed by atoms with Crippen LogP contribution in [0.4, 0.5) is 4.79 Å². The standard InChI is InChI=1S/C16H28N2O2S/c1-12(2)14(13-8-7-11-21-13)17-9-10-18(6)15(19)20-16(3,4)5/h7-8,11-12,14,17H,9-10H2,1-6H3. The summed E-state index contributed by atoms with van der Waals surface area (Å²) in [6.45, 7) is 11.4. The Morgan fingerprint density at radius 3 is 2.57 bits per heavy atom. The van der Waals surface area contributed by atoms with E-state index in [2.05, 4.69) is 36.7 Å². The maximum atomic E-state index is 11.9. The second-order valence-electron chi connectivity index (χ2n) is 6.59. The van der Waals surface area contributed by atoms with Crippen molar-refractivity contribution in [2.45, 2.75) is 46.3 Å². The van der Waals surface area contributed by atoms with Crippen molar-refractivity contribution in [1.29, 1.82) is 0 Å². The number of ether oxygens (including phenoxy) is 1. The monoisotopic (exact) mass is 312 g/mol. The molecular weight excluding hydrogens is 284 g/mol. The molecule has 1 unspecified atom stereocenters. The lowest BCUT2D eigenvalue weighted by Gasteiger charge is -2.26. The molecule has 0 fully saturated rings. The Labute approximate surface area is 132 Å². The van der Waals surface area contributed by atoms with Crippen molar-refractivity contribution < 1.29 is 9.53 Å². The first-order valence-corrected chi connectivity index (χ1v) is 8.29. The Bertz CT molecular complexity index is 424. The number of thiophene rings is 1. The molecule has 1 rings (SSSR count). The zero-order valence-corrected chi connectivity index (χ0v) is 14.8. The largest absolute Gasteiger partial charge is 0.444 e. The van der Waals surface area contributed by atoms with Gasteiger partial charge in [0, 0.05) is 31.1 Å². The quantitative estimate of drug-likeness (QED) is 0.866. The van der Waals surface area contributed by atoms with E-state index in [4.69, 9.17) is 4.74 Å². The molecule has 0 aliphatic carbocycles. The third-order valence-electron chi connectivity index (χ3n) is 3.03. The van der Waals surface area contributed by atoms with Crippen molar-refractivity contribution in [3.05, 3.63) is 22.4 Å². The molecular formula is C16H28N2O2S. The van der Waals surface area contributed by atoms with E-state index in [1.165, 1.54) is 4.88 Å². The van der Waals surface area contributed by atoms with Crippen LogP contribution in [-0.2, 0) is 4.74 Å². The van der Waals surface area contributed by atoms with Crippen molar-refractivity contribution in [3.8, 4) is 0 Å². The van der Waals surface area contributed by atoms with Crippen LogP contribution in [0.2, 0.25) is 0 Å². The van der Waals surface area contributed by atoms with E-state index in [-0.39, 0.29) is 6.09 Å². The van der Waals surface area contributed by atoms with Crippen LogP contribution in [0.15, 0.2) is 17.5 Å². The molecule has 0 aliphatic rings. The van der Waals surface area contributed by atoms with Gasteiger partial charge in [0.2, 0.25) is 0 Å². The predicted molar refractivity (Wildman–Crippen MR) is 88.8 cm³/mol. The van der Waals surface area contributed by atoms with E-state index in [9.17, 15) is 4.79 Å². The highest BCUT2D eigenvalue weighted by atomic mass is 32.1. The summed E-state index contributed by atoms with van der Waals surface area (Å²) in [6.07, 6.45) is -0.276. The molecule has 0 bridgehead atoms. The molecule has 4 nitrogen and oxygen atoms in total. The van der Waals surface area contributed by atoms with Crippen LogP contribution in [0.1, 0.15) is 45.5 Å². The van der Waals surface area contributed by atoms with E-state index in [1.54, 1.807) is 23.3 Å². The number of rotatable bonds is 6. The highest BCUT2D eigenvalue weighted by molar-refractivity contribution is 7.10. The molecule has 1 atom stereocenters. The van der Waals surface area contributed by atoms with Crippen LogP contribution in [0.25, 0.3) is 0 Å². The van der Waals surface area contributed by atoms with Crippen LogP contribution in [0, 0.1) is 5.92 Å². The fourth-order valence-electron chi connectivity index (χ4n) is 1.95. The second kappa shape index (κ2) is 7.80. The highest BCUT2D eigenvalue weighted by Gasteiger charge is 2.20. The van der Waals surface area contributed by atoms with Crippen LogP contribution < -0.4 is 5.32 Å². The topological polar surface area (TPSA) is 41.6 Å². The molecule has 1 amide bonds. The molecule has 0 aromatic carbocycles. The zero-order valence-electron chi connectivity index (χ0n) is 14.0. The summed E-state index contributed by atoms with van der Waals surface area (Å²) in [7, 11) is 1.77. The fraction of sp³-hybridized carbons (Fsp3) is 0.688. The van der Waals surface area contributed by atoms with Crippen LogP contribution in [0.5, 0.6) is 0 Å². The van der Waals surface area contributed by atoms with Crippen LogP contribution >= 0.6 is 11.3 Å². The van der Waals surface area contributed by atoms with E-state index in [1.807, 2.05) is 20.8 Å². The molecule has 1 aromatic heterocycles. The number of carbonyl (C=O) groups is 1. The first-order chi connectivity index (χ1) is 9.70. The zero-order chi connectivity index (χ0) is 16.0. The third kappa shape index (κ3) is 6.48. The number of likely N-dealkylation sites (N-methyl/N-ethyl adjacent to an activating group) is 1. The Hall–Kier alpha value is -1.07. The summed E-state index contributed by atoms with van der Waals surface area (Å²) in [6, 6.07) is 4.56. The first kappa shape index (κ1) is 18.0. The van der Waals surface area contributed by atoms with Crippen molar-refractivity contribution in [3.63, 3.8) is 0 Å². The van der Waals surface area contributed by atoms with Gasteiger partial charge >= 0.3 is 6.09 Å². The number of amides is 1. The number of hydrogen-bond donors (Lipinski definition) is 1. The van der Waals surface area contributed by atoms with E-state index in [0.717, 1.165) is 6.54 Å². The van der Waals surface area contributed by atoms with Gasteiger partial charge in [0.1, 0.15) is 5.60 Å². The predicted octanol–water partition coefficient (Wildman–Crippen LogP) is 3.90. The maximum absolute atomic E-state index is 11.9. The van der Waals surface area contributed by atoms with Gasteiger partial charge in [0.05, 0.1) is 0 Å². The van der Waals surface area contributed by atoms with Crippen molar-refractivity contribution >= 4 is 17.4 Å². The normalized spacial score (nSPS) is 13.3. The molecule has 1 aromatic rings. The molecule has 0 saturated carbocycles. The van der Waals surface area contributed by atoms with Gasteiger partial charge in [-0.3, -0.25) is 0 Å². The molecule has 0 aliphatic heterocycles. The Morgan fingerprint density at radius 2 is 2.10 bits per heavy atom. The summed E-state index contributed by atoms with van der Waals surface area (Å²) in [5.74, 6) is 0.510. The average molecular weight is 312 g/mol. The number of carbonyl (C=O) groups excluding carboxylic acids is 1. The minimum absolute atomic E-state index is 0.276. The van der Waals surface area contributed by atoms with Crippen LogP contribution in [0.3, 0.4) is 0 Å². The van der Waals surface area contributed by atoms with Gasteiger partial charge in [-0.1, -0.05) is 19.9 Å². The molecule has 5 heteroatoms. The Kier molecular flexibility index (Phi) is 6.68. The summed E-state index contributed by atoms with van der Waals surface area (Å²) >= 11 is 1.76. The van der Waals surface area contributed by atoms with Gasteiger partial charge in [0.25, 0.3) is 0 Å². The Morgan fingerprint density at radius 1 is 1.43 bits per heavy atom. The van der Waals surface area contributed by atoms with Gasteiger partial charge in [-0.25, -0.2) is 4.79 Å². The van der Waals surface area contributed by atoms with Gasteiger partial charge in [-0.05, 0) is 38.1 Å². The number of hydrogen-bond acceptors (Lipinski definition) is 4. The SMILES string of the molecule is CC(C)C(NCCN(C)C(=O)OC(C)(C)C)c1cccs1. The fourth-order valence-corrected chi connectivity index (χ4v) is 2.93. The molecule has 0 spiro atoms. The minimum Gasteiger partial charge on any atom is -0.444 e. The summed E-state index contributed by atoms with van der Waals surface area (Å²) < 4.78 is 5.34. The number of nitrogens with zero attached hydrogens (tertiary/aromatic N) is 1. The molecule has 120 valence electrons. The summed E-state index contributed by atoms with van der Waals surface area (Å²) in [5, 5.41) is 5.63. The maximum Gasteiger partial charge on any atom is 0.410 e. The van der Waals surface area contributed by atoms with Gasteiger partial charge in [-0.2, -0.15) is 0 Å². The third-order valence-corrected chi connectivity index (χ3v) is 3.99. The van der Waals surface area contributed by atoms with E-state index >= 15 is 0 Å². The lowest BCUT2D eigenvalue weighted by atomic mass is 10.0. The van der Waals surface area contributed by atoms with E-state index in [0.29, 0.717) is 18.5 Å². The lowest BCUT2D eigenvalue weighted by molar-refractivity contribution is 0.0299. The highest BCUT2D eigenvalue weighted by Crippen LogP contribution is 2.25. The first-order valence-electron chi connectivity index (χ1n) is 7.41. The summed E-state index contributed by atoms with van der Waals surface area (Å²) in [5.41, 5.74) is -0.448. The van der Waals surface area contributed by atoms with Crippen molar-refractivity contribution in [2.24, 2.45) is 5.92 Å². The van der Waals surface area contributed by atoms with Gasteiger partial charge in [-0.15, -0.1) is 11.3 Å². The smallest absolute Gasteiger partial charge is 0.410 e. The lowest BCUT2D eigenvalue weighted by Crippen LogP contribution is -2.39. The van der Waals surface area contributed by atoms with Crippen molar-refractivity contribution in [1.82, 2.24) is 10.2 Å². The average Bonchev–Trinajstić information content (AvgIpc) is 2.85. The van der Waals surface area contributed by atoms with E-state index < -0.39 is 5.60 Å². The van der Waals surface area contributed by atoms with Crippen molar-refractivity contribution in [2.75, 3.05) is 20.1 Å². The Balaban J connectivity index is 2.42. The molecule has 21 heavy (non-hydrogen) atoms.